The molecule has 0 unspecified atom stereocenters. The molecule has 1 fully saturated rings. The summed E-state index contributed by atoms with van der Waals surface area (Å²) in [6.45, 7) is 7.26. The van der Waals surface area contributed by atoms with Crippen LogP contribution in [0.3, 0.4) is 0 Å². The third-order valence-electron chi connectivity index (χ3n) is 4.52. The van der Waals surface area contributed by atoms with E-state index in [0.717, 1.165) is 6.42 Å². The first-order chi connectivity index (χ1) is 13.5. The van der Waals surface area contributed by atoms with Crippen molar-refractivity contribution in [1.29, 1.82) is 0 Å². The molecule has 1 saturated heterocycles. The number of amides is 1. The molecular formula is C19H27ClN2O6S. The van der Waals surface area contributed by atoms with Gasteiger partial charge in [0.25, 0.3) is 5.91 Å². The fourth-order valence-corrected chi connectivity index (χ4v) is 5.02. The number of halogens is 1. The number of rotatable bonds is 7. The summed E-state index contributed by atoms with van der Waals surface area (Å²) in [4.78, 5) is 23.9. The fourth-order valence-electron chi connectivity index (χ4n) is 2.93. The molecule has 3 atom stereocenters. The van der Waals surface area contributed by atoms with Gasteiger partial charge in [0.05, 0.1) is 22.8 Å². The Hall–Kier alpha value is -1.68. The summed E-state index contributed by atoms with van der Waals surface area (Å²) in [5.74, 6) is -1.23. The minimum atomic E-state index is -3.93. The van der Waals surface area contributed by atoms with Crippen molar-refractivity contribution in [2.45, 2.75) is 57.3 Å². The Balaban J connectivity index is 2.16. The molecular weight excluding hydrogens is 420 g/mol. The van der Waals surface area contributed by atoms with Gasteiger partial charge in [0.1, 0.15) is 4.90 Å². The lowest BCUT2D eigenvalue weighted by Crippen LogP contribution is -2.48. The van der Waals surface area contributed by atoms with Crippen LogP contribution in [-0.2, 0) is 24.3 Å². The number of hydrogen-bond donors (Lipinski definition) is 1. The summed E-state index contributed by atoms with van der Waals surface area (Å²) < 4.78 is 38.0. The van der Waals surface area contributed by atoms with Gasteiger partial charge in [-0.15, -0.1) is 0 Å². The first-order valence-electron chi connectivity index (χ1n) is 9.46. The molecule has 1 aromatic carbocycles. The number of hydrogen-bond acceptors (Lipinski definition) is 6. The molecule has 0 aromatic heterocycles. The lowest BCUT2D eigenvalue weighted by Gasteiger charge is -2.34. The first-order valence-corrected chi connectivity index (χ1v) is 11.3. The molecule has 29 heavy (non-hydrogen) atoms. The fraction of sp³-hybridized carbons (Fsp3) is 0.579. The van der Waals surface area contributed by atoms with E-state index in [1.54, 1.807) is 13.8 Å². The molecule has 1 N–H and O–H groups in total. The van der Waals surface area contributed by atoms with Crippen molar-refractivity contribution >= 4 is 33.5 Å². The summed E-state index contributed by atoms with van der Waals surface area (Å²) in [5.41, 5.74) is -0.00123. The van der Waals surface area contributed by atoms with Crippen LogP contribution in [0.25, 0.3) is 0 Å². The second-order valence-electron chi connectivity index (χ2n) is 7.18. The van der Waals surface area contributed by atoms with Gasteiger partial charge in [-0.2, -0.15) is 4.31 Å². The summed E-state index contributed by atoms with van der Waals surface area (Å²) >= 11 is 6.12. The number of carbonyl (C=O) groups excluding carboxylic acids is 2. The van der Waals surface area contributed by atoms with Gasteiger partial charge in [0, 0.05) is 19.1 Å². The van der Waals surface area contributed by atoms with Crippen LogP contribution in [-0.4, -0.2) is 62.5 Å². The van der Waals surface area contributed by atoms with Crippen LogP contribution >= 0.6 is 11.6 Å². The Labute approximate surface area is 176 Å². The van der Waals surface area contributed by atoms with E-state index in [-0.39, 0.29) is 46.8 Å². The van der Waals surface area contributed by atoms with Crippen LogP contribution in [0.4, 0.5) is 0 Å². The van der Waals surface area contributed by atoms with Gasteiger partial charge >= 0.3 is 5.97 Å². The highest BCUT2D eigenvalue weighted by Crippen LogP contribution is 2.28. The van der Waals surface area contributed by atoms with Crippen LogP contribution in [0.5, 0.6) is 0 Å². The maximum absolute atomic E-state index is 13.1. The molecule has 8 nitrogen and oxygen atoms in total. The molecule has 1 heterocycles. The van der Waals surface area contributed by atoms with Gasteiger partial charge in [-0.05, 0) is 45.4 Å². The molecule has 1 aromatic rings. The molecule has 0 saturated carbocycles. The van der Waals surface area contributed by atoms with Crippen LogP contribution in [0, 0.1) is 0 Å². The Bertz CT molecular complexity index is 850. The maximum Gasteiger partial charge on any atom is 0.338 e. The molecule has 0 spiro atoms. The number of morpholine rings is 1. The van der Waals surface area contributed by atoms with Crippen molar-refractivity contribution in [3.63, 3.8) is 0 Å². The smallest absolute Gasteiger partial charge is 0.338 e. The number of ether oxygens (including phenoxy) is 2. The zero-order valence-electron chi connectivity index (χ0n) is 17.0. The zero-order valence-corrected chi connectivity index (χ0v) is 18.5. The minimum absolute atomic E-state index is 0.00123. The molecule has 0 radical (unpaired) electrons. The van der Waals surface area contributed by atoms with E-state index >= 15 is 0 Å². The molecule has 1 amide bonds. The van der Waals surface area contributed by atoms with Crippen LogP contribution in [0.2, 0.25) is 5.02 Å². The molecule has 0 aliphatic carbocycles. The van der Waals surface area contributed by atoms with E-state index in [0.29, 0.717) is 0 Å². The summed E-state index contributed by atoms with van der Waals surface area (Å²) in [6, 6.07) is 3.84. The Morgan fingerprint density at radius 3 is 2.52 bits per heavy atom. The van der Waals surface area contributed by atoms with Gasteiger partial charge in [-0.3, -0.25) is 4.79 Å². The standard InChI is InChI=1S/C19H27ClN2O6S/c1-5-12(2)21-18(23)11-27-19(24)15-6-7-16(20)17(8-15)29(25,26)22-9-13(3)28-14(4)10-22/h6-8,12-14H,5,9-11H2,1-4H3,(H,21,23)/t12-,13-,14+/m1/s1. The third-order valence-corrected chi connectivity index (χ3v) is 6.84. The molecule has 10 heteroatoms. The summed E-state index contributed by atoms with van der Waals surface area (Å²) in [6.07, 6.45) is 0.227. The predicted octanol–water partition coefficient (Wildman–Crippen LogP) is 2.21. The largest absolute Gasteiger partial charge is 0.452 e. The highest BCUT2D eigenvalue weighted by molar-refractivity contribution is 7.89. The van der Waals surface area contributed by atoms with Crippen LogP contribution in [0.15, 0.2) is 23.1 Å². The summed E-state index contributed by atoms with van der Waals surface area (Å²) in [5, 5.41) is 2.68. The quantitative estimate of drug-likeness (QED) is 0.644. The van der Waals surface area contributed by atoms with Crippen molar-refractivity contribution < 1.29 is 27.5 Å². The van der Waals surface area contributed by atoms with Gasteiger partial charge in [0.15, 0.2) is 6.61 Å². The van der Waals surface area contributed by atoms with Crippen molar-refractivity contribution in [2.24, 2.45) is 0 Å². The Kier molecular flexibility index (Phi) is 8.04. The van der Waals surface area contributed by atoms with Crippen molar-refractivity contribution in [1.82, 2.24) is 9.62 Å². The average Bonchev–Trinajstić information content (AvgIpc) is 2.65. The van der Waals surface area contributed by atoms with E-state index in [1.165, 1.54) is 22.5 Å². The van der Waals surface area contributed by atoms with Gasteiger partial charge in [-0.1, -0.05) is 18.5 Å². The lowest BCUT2D eigenvalue weighted by atomic mass is 10.2. The number of nitrogens with one attached hydrogen (secondary N) is 1. The molecule has 2 rings (SSSR count). The SMILES string of the molecule is CC[C@@H](C)NC(=O)COC(=O)c1ccc(Cl)c(S(=O)(=O)N2C[C@@H](C)O[C@@H](C)C2)c1. The monoisotopic (exact) mass is 446 g/mol. The third kappa shape index (κ3) is 6.15. The number of sulfonamides is 1. The van der Waals surface area contributed by atoms with Crippen LogP contribution < -0.4 is 5.32 Å². The van der Waals surface area contributed by atoms with Crippen LogP contribution in [0.1, 0.15) is 44.5 Å². The molecule has 1 aliphatic rings. The second-order valence-corrected chi connectivity index (χ2v) is 9.49. The number of nitrogens with zero attached hydrogens (tertiary/aromatic N) is 1. The van der Waals surface area contributed by atoms with Gasteiger partial charge in [-0.25, -0.2) is 13.2 Å². The number of carbonyl (C=O) groups is 2. The van der Waals surface area contributed by atoms with Crippen molar-refractivity contribution in [2.75, 3.05) is 19.7 Å². The lowest BCUT2D eigenvalue weighted by molar-refractivity contribution is -0.124. The Morgan fingerprint density at radius 1 is 1.31 bits per heavy atom. The maximum atomic E-state index is 13.1. The topological polar surface area (TPSA) is 102 Å². The van der Waals surface area contributed by atoms with Gasteiger partial charge < -0.3 is 14.8 Å². The molecule has 1 aliphatic heterocycles. The first kappa shape index (κ1) is 23.6. The minimum Gasteiger partial charge on any atom is -0.452 e. The highest BCUT2D eigenvalue weighted by Gasteiger charge is 2.34. The van der Waals surface area contributed by atoms with E-state index < -0.39 is 28.5 Å². The van der Waals surface area contributed by atoms with E-state index in [9.17, 15) is 18.0 Å². The normalized spacial score (nSPS) is 21.4. The van der Waals surface area contributed by atoms with Crippen molar-refractivity contribution in [3.8, 4) is 0 Å². The van der Waals surface area contributed by atoms with E-state index in [2.05, 4.69) is 5.32 Å². The highest BCUT2D eigenvalue weighted by atomic mass is 35.5. The predicted molar refractivity (Wildman–Crippen MR) is 108 cm³/mol. The number of esters is 1. The second kappa shape index (κ2) is 9.88. The van der Waals surface area contributed by atoms with Crippen molar-refractivity contribution in [3.05, 3.63) is 28.8 Å². The summed E-state index contributed by atoms with van der Waals surface area (Å²) in [7, 11) is -3.93. The molecule has 162 valence electrons. The number of benzene rings is 1. The zero-order chi connectivity index (χ0) is 21.8. The van der Waals surface area contributed by atoms with Gasteiger partial charge in [0.2, 0.25) is 10.0 Å². The van der Waals surface area contributed by atoms with E-state index in [4.69, 9.17) is 21.1 Å². The average molecular weight is 447 g/mol. The Morgan fingerprint density at radius 2 is 1.93 bits per heavy atom. The van der Waals surface area contributed by atoms with E-state index in [1.807, 2.05) is 13.8 Å². The molecule has 0 bridgehead atoms.